The van der Waals surface area contributed by atoms with Gasteiger partial charge in [-0.3, -0.25) is 14.5 Å². The summed E-state index contributed by atoms with van der Waals surface area (Å²) in [6, 6.07) is 18.2. The maximum Gasteiger partial charge on any atom is 0.308 e. The number of likely N-dealkylation sites (N-methyl/N-ethyl adjacent to an activating group) is 1. The van der Waals surface area contributed by atoms with Gasteiger partial charge in [0.2, 0.25) is 0 Å². The lowest BCUT2D eigenvalue weighted by atomic mass is 9.75. The summed E-state index contributed by atoms with van der Waals surface area (Å²) in [5.41, 5.74) is 2.21. The fourth-order valence-electron chi connectivity index (χ4n) is 4.00. The number of ether oxygens (including phenoxy) is 1. The Hall–Kier alpha value is -2.46. The average Bonchev–Trinajstić information content (AvgIpc) is 2.67. The minimum absolute atomic E-state index is 0.209. The van der Waals surface area contributed by atoms with Crippen LogP contribution >= 0.6 is 0 Å². The normalized spacial score (nSPS) is 16.3. The van der Waals surface area contributed by atoms with Gasteiger partial charge in [-0.2, -0.15) is 0 Å². The Bertz CT molecular complexity index is 790. The van der Waals surface area contributed by atoms with Gasteiger partial charge in [-0.15, -0.1) is 0 Å². The van der Waals surface area contributed by atoms with E-state index in [0.717, 1.165) is 31.4 Å². The fourth-order valence-corrected chi connectivity index (χ4v) is 4.00. The van der Waals surface area contributed by atoms with E-state index in [9.17, 15) is 9.59 Å². The molecule has 1 saturated carbocycles. The summed E-state index contributed by atoms with van der Waals surface area (Å²) in [6.07, 6.45) is 3.72. The number of esters is 1. The minimum Gasteiger partial charge on any atom is -0.427 e. The molecule has 1 fully saturated rings. The van der Waals surface area contributed by atoms with Gasteiger partial charge in [0.15, 0.2) is 0 Å². The number of rotatable bonds is 6. The van der Waals surface area contributed by atoms with Crippen LogP contribution in [0.25, 0.3) is 0 Å². The number of benzene rings is 2. The Morgan fingerprint density at radius 3 is 2.44 bits per heavy atom. The molecule has 0 spiro atoms. The highest BCUT2D eigenvalue weighted by atomic mass is 16.5. The first-order valence-electron chi connectivity index (χ1n) is 9.55. The molecule has 2 aromatic carbocycles. The van der Waals surface area contributed by atoms with Gasteiger partial charge in [0.1, 0.15) is 11.5 Å². The zero-order chi connectivity index (χ0) is 19.3. The van der Waals surface area contributed by atoms with Crippen molar-refractivity contribution in [3.05, 3.63) is 65.7 Å². The molecule has 4 heteroatoms. The molecular weight excluding hydrogens is 338 g/mol. The molecule has 2 aromatic rings. The molecule has 0 saturated heterocycles. The van der Waals surface area contributed by atoms with Gasteiger partial charge in [-0.1, -0.05) is 42.5 Å². The summed E-state index contributed by atoms with van der Waals surface area (Å²) in [6.45, 7) is 2.31. The Morgan fingerprint density at radius 1 is 1.07 bits per heavy atom. The van der Waals surface area contributed by atoms with Crippen LogP contribution in [0.1, 0.15) is 43.7 Å². The molecule has 0 heterocycles. The number of carbonyl (C=O) groups is 2. The van der Waals surface area contributed by atoms with E-state index in [-0.39, 0.29) is 11.5 Å². The van der Waals surface area contributed by atoms with Crippen molar-refractivity contribution in [3.8, 4) is 5.75 Å². The lowest BCUT2D eigenvalue weighted by Crippen LogP contribution is -2.47. The Balaban J connectivity index is 1.85. The smallest absolute Gasteiger partial charge is 0.308 e. The molecule has 1 aliphatic rings. The third kappa shape index (κ3) is 4.64. The zero-order valence-corrected chi connectivity index (χ0v) is 16.1. The monoisotopic (exact) mass is 365 g/mol. The second-order valence-electron chi connectivity index (χ2n) is 7.35. The maximum atomic E-state index is 11.9. The zero-order valence-electron chi connectivity index (χ0n) is 16.1. The maximum absolute atomic E-state index is 11.9. The minimum atomic E-state index is -0.322. The third-order valence-electron chi connectivity index (χ3n) is 5.58. The third-order valence-corrected chi connectivity index (χ3v) is 5.58. The van der Waals surface area contributed by atoms with E-state index in [1.807, 2.05) is 18.2 Å². The lowest BCUT2D eigenvalue weighted by molar-refractivity contribution is -0.131. The van der Waals surface area contributed by atoms with E-state index < -0.39 is 0 Å². The number of carbonyl (C=O) groups excluding carboxylic acids is 2. The molecule has 27 heavy (non-hydrogen) atoms. The number of nitrogens with zero attached hydrogens (tertiary/aromatic N) is 1. The Morgan fingerprint density at radius 2 is 1.78 bits per heavy atom. The molecule has 0 unspecified atom stereocenters. The van der Waals surface area contributed by atoms with Gasteiger partial charge < -0.3 is 4.74 Å². The van der Waals surface area contributed by atoms with Crippen LogP contribution in [0, 0.1) is 0 Å². The van der Waals surface area contributed by atoms with Gasteiger partial charge in [0.05, 0.1) is 0 Å². The van der Waals surface area contributed by atoms with Gasteiger partial charge in [-0.05, 0) is 49.6 Å². The van der Waals surface area contributed by atoms with E-state index in [1.54, 1.807) is 6.07 Å². The quantitative estimate of drug-likeness (QED) is 0.570. The predicted molar refractivity (Wildman–Crippen MR) is 106 cm³/mol. The summed E-state index contributed by atoms with van der Waals surface area (Å²) >= 11 is 0. The van der Waals surface area contributed by atoms with Gasteiger partial charge in [0, 0.05) is 31.8 Å². The van der Waals surface area contributed by atoms with Gasteiger partial charge in [0.25, 0.3) is 0 Å². The summed E-state index contributed by atoms with van der Waals surface area (Å²) in [4.78, 5) is 25.6. The molecular formula is C23H27NO3. The molecule has 0 atom stereocenters. The van der Waals surface area contributed by atoms with Crippen molar-refractivity contribution < 1.29 is 14.3 Å². The highest BCUT2D eigenvalue weighted by molar-refractivity contribution is 5.79. The van der Waals surface area contributed by atoms with Crippen LogP contribution in [0.2, 0.25) is 0 Å². The first-order valence-corrected chi connectivity index (χ1v) is 9.55. The molecule has 1 aliphatic carbocycles. The lowest BCUT2D eigenvalue weighted by Gasteiger charge is -2.45. The van der Waals surface area contributed by atoms with Crippen LogP contribution in [-0.4, -0.2) is 30.2 Å². The van der Waals surface area contributed by atoms with Crippen molar-refractivity contribution in [1.82, 2.24) is 4.90 Å². The number of ketones is 1. The van der Waals surface area contributed by atoms with Crippen LogP contribution in [0.5, 0.6) is 5.75 Å². The summed E-state index contributed by atoms with van der Waals surface area (Å²) in [5, 5.41) is 0. The molecule has 0 aliphatic heterocycles. The average molecular weight is 365 g/mol. The van der Waals surface area contributed by atoms with E-state index >= 15 is 0 Å². The van der Waals surface area contributed by atoms with Crippen molar-refractivity contribution >= 4 is 11.8 Å². The molecule has 0 aromatic heterocycles. The predicted octanol–water partition coefficient (Wildman–Crippen LogP) is 4.12. The van der Waals surface area contributed by atoms with Crippen molar-refractivity contribution in [2.24, 2.45) is 0 Å². The first-order chi connectivity index (χ1) is 13.0. The van der Waals surface area contributed by atoms with Gasteiger partial charge >= 0.3 is 5.97 Å². The second-order valence-corrected chi connectivity index (χ2v) is 7.35. The van der Waals surface area contributed by atoms with Crippen LogP contribution < -0.4 is 4.74 Å². The molecule has 0 radical (unpaired) electrons. The SMILES string of the molecule is CC(=O)Oc1cccc(C2(N(C)CCc3ccccc3)CCC(=O)CC2)c1. The summed E-state index contributed by atoms with van der Waals surface area (Å²) in [5.74, 6) is 0.573. The fraction of sp³-hybridized carbons (Fsp3) is 0.391. The summed E-state index contributed by atoms with van der Waals surface area (Å²) in [7, 11) is 2.14. The van der Waals surface area contributed by atoms with Crippen LogP contribution in [0.3, 0.4) is 0 Å². The van der Waals surface area contributed by atoms with Gasteiger partial charge in [-0.25, -0.2) is 0 Å². The van der Waals surface area contributed by atoms with Crippen molar-refractivity contribution in [2.75, 3.05) is 13.6 Å². The van der Waals surface area contributed by atoms with Crippen molar-refractivity contribution in [3.63, 3.8) is 0 Å². The topological polar surface area (TPSA) is 46.6 Å². The van der Waals surface area contributed by atoms with Crippen molar-refractivity contribution in [2.45, 2.75) is 44.6 Å². The van der Waals surface area contributed by atoms with Crippen LogP contribution in [0.15, 0.2) is 54.6 Å². The second kappa shape index (κ2) is 8.49. The Kier molecular flexibility index (Phi) is 6.07. The molecule has 3 rings (SSSR count). The largest absolute Gasteiger partial charge is 0.427 e. The highest BCUT2D eigenvalue weighted by Gasteiger charge is 2.39. The molecule has 142 valence electrons. The molecule has 4 nitrogen and oxygen atoms in total. The van der Waals surface area contributed by atoms with Crippen LogP contribution in [0.4, 0.5) is 0 Å². The molecule has 0 N–H and O–H groups in total. The van der Waals surface area contributed by atoms with E-state index in [2.05, 4.69) is 42.3 Å². The van der Waals surface area contributed by atoms with Crippen molar-refractivity contribution in [1.29, 1.82) is 0 Å². The van der Waals surface area contributed by atoms with E-state index in [1.165, 1.54) is 12.5 Å². The van der Waals surface area contributed by atoms with E-state index in [4.69, 9.17) is 4.74 Å². The number of hydrogen-bond donors (Lipinski definition) is 0. The number of Topliss-reactive ketones (excluding diaryl/α,β-unsaturated/α-hetero) is 1. The Labute approximate surface area is 161 Å². The number of hydrogen-bond acceptors (Lipinski definition) is 4. The van der Waals surface area contributed by atoms with E-state index in [0.29, 0.717) is 24.4 Å². The molecule has 0 bridgehead atoms. The molecule has 0 amide bonds. The summed E-state index contributed by atoms with van der Waals surface area (Å²) < 4.78 is 5.30. The highest BCUT2D eigenvalue weighted by Crippen LogP contribution is 2.41. The first kappa shape index (κ1) is 19.3. The van der Waals surface area contributed by atoms with Crippen LogP contribution in [-0.2, 0) is 21.5 Å². The standard InChI is InChI=1S/C23H27NO3/c1-18(25)27-22-10-6-9-20(17-22)23(14-11-21(26)12-15-23)24(2)16-13-19-7-4-3-5-8-19/h3-10,17H,11-16H2,1-2H3.